The third-order valence-electron chi connectivity index (χ3n) is 3.16. The zero-order chi connectivity index (χ0) is 13.8. The predicted molar refractivity (Wildman–Crippen MR) is 73.9 cm³/mol. The minimum atomic E-state index is -3.18. The Morgan fingerprint density at radius 3 is 2.72 bits per heavy atom. The molecule has 0 saturated carbocycles. The van der Waals surface area contributed by atoms with E-state index in [1.807, 2.05) is 4.90 Å². The Morgan fingerprint density at radius 2 is 2.17 bits per heavy atom. The van der Waals surface area contributed by atoms with Crippen molar-refractivity contribution in [3.05, 3.63) is 0 Å². The molecule has 0 aliphatic carbocycles. The molecule has 1 heterocycles. The summed E-state index contributed by atoms with van der Waals surface area (Å²) < 4.78 is 24.3. The molecule has 1 saturated heterocycles. The lowest BCUT2D eigenvalue weighted by atomic mass is 10.0. The zero-order valence-corrected chi connectivity index (χ0v) is 12.3. The normalized spacial score (nSPS) is 22.6. The maximum absolute atomic E-state index is 11.5. The molecular weight excluding hydrogens is 252 g/mol. The highest BCUT2D eigenvalue weighted by Gasteiger charge is 2.18. The van der Waals surface area contributed by atoms with E-state index in [1.54, 1.807) is 0 Å². The van der Waals surface area contributed by atoms with Gasteiger partial charge in [0, 0.05) is 27.2 Å². The molecule has 1 fully saturated rings. The molecule has 106 valence electrons. The second-order valence-electron chi connectivity index (χ2n) is 5.03. The number of likely N-dealkylation sites (tertiary alicyclic amines) is 1. The number of hydrogen-bond donors (Lipinski definition) is 1. The quantitative estimate of drug-likeness (QED) is 0.575. The Morgan fingerprint density at radius 1 is 1.50 bits per heavy atom. The molecule has 0 spiro atoms. The van der Waals surface area contributed by atoms with Crippen molar-refractivity contribution in [2.75, 3.05) is 39.5 Å². The van der Waals surface area contributed by atoms with Crippen LogP contribution in [0, 0.1) is 5.92 Å². The average molecular weight is 276 g/mol. The second-order valence-corrected chi connectivity index (χ2v) is 7.33. The van der Waals surface area contributed by atoms with E-state index < -0.39 is 10.0 Å². The molecule has 1 atom stereocenters. The Labute approximate surface area is 110 Å². The van der Waals surface area contributed by atoms with Crippen LogP contribution >= 0.6 is 0 Å². The fourth-order valence-electron chi connectivity index (χ4n) is 1.96. The molecule has 1 aliphatic heterocycles. The van der Waals surface area contributed by atoms with Gasteiger partial charge in [-0.3, -0.25) is 4.99 Å². The largest absolute Gasteiger partial charge is 0.370 e. The minimum absolute atomic E-state index is 0.00406. The minimum Gasteiger partial charge on any atom is -0.370 e. The molecule has 0 radical (unpaired) electrons. The van der Waals surface area contributed by atoms with Crippen LogP contribution < -0.4 is 5.73 Å². The summed E-state index contributed by atoms with van der Waals surface area (Å²) in [6.45, 7) is 4.24. The second kappa shape index (κ2) is 6.38. The molecule has 0 aromatic heterocycles. The Balaban J connectivity index is 2.47. The summed E-state index contributed by atoms with van der Waals surface area (Å²) in [4.78, 5) is 6.20. The molecule has 0 amide bonds. The van der Waals surface area contributed by atoms with Crippen molar-refractivity contribution in [2.24, 2.45) is 16.6 Å². The fraction of sp³-hybridized carbons (Fsp3) is 0.909. The van der Waals surface area contributed by atoms with E-state index >= 15 is 0 Å². The van der Waals surface area contributed by atoms with Crippen LogP contribution in [-0.2, 0) is 10.0 Å². The van der Waals surface area contributed by atoms with Gasteiger partial charge in [-0.25, -0.2) is 12.7 Å². The Bertz CT molecular complexity index is 392. The summed E-state index contributed by atoms with van der Waals surface area (Å²) in [5.74, 6) is 1.10. The van der Waals surface area contributed by atoms with Crippen LogP contribution in [-0.4, -0.2) is 63.1 Å². The highest BCUT2D eigenvalue weighted by Crippen LogP contribution is 2.14. The summed E-state index contributed by atoms with van der Waals surface area (Å²) in [5, 5.41) is 0. The Kier molecular flexibility index (Phi) is 5.40. The summed E-state index contributed by atoms with van der Waals surface area (Å²) >= 11 is 0. The van der Waals surface area contributed by atoms with Gasteiger partial charge < -0.3 is 10.6 Å². The lowest BCUT2D eigenvalue weighted by Crippen LogP contribution is -2.43. The Hall–Kier alpha value is -0.820. The van der Waals surface area contributed by atoms with Crippen LogP contribution in [0.1, 0.15) is 19.8 Å². The van der Waals surface area contributed by atoms with Gasteiger partial charge in [-0.2, -0.15) is 0 Å². The van der Waals surface area contributed by atoms with Crippen molar-refractivity contribution >= 4 is 16.0 Å². The molecule has 0 aromatic carbocycles. The average Bonchev–Trinajstić information content (AvgIpc) is 2.28. The van der Waals surface area contributed by atoms with Crippen molar-refractivity contribution in [3.63, 3.8) is 0 Å². The molecule has 2 N–H and O–H groups in total. The van der Waals surface area contributed by atoms with Crippen LogP contribution in [0.4, 0.5) is 0 Å². The van der Waals surface area contributed by atoms with Crippen LogP contribution in [0.3, 0.4) is 0 Å². The number of hydrogen-bond acceptors (Lipinski definition) is 3. The van der Waals surface area contributed by atoms with E-state index in [1.165, 1.54) is 24.8 Å². The van der Waals surface area contributed by atoms with Gasteiger partial charge in [-0.15, -0.1) is 0 Å². The standard InChI is InChI=1S/C11H24N4O2S/c1-10-5-4-7-15(9-10)11(12)13-6-8-18(16,17)14(2)3/h10H,4-9H2,1-3H3,(H2,12,13). The van der Waals surface area contributed by atoms with Crippen molar-refractivity contribution < 1.29 is 8.42 Å². The number of nitrogens with two attached hydrogens (primary N) is 1. The molecule has 0 aromatic rings. The molecule has 1 aliphatic rings. The first-order valence-electron chi connectivity index (χ1n) is 6.28. The first-order chi connectivity index (χ1) is 8.33. The van der Waals surface area contributed by atoms with Gasteiger partial charge in [0.2, 0.25) is 10.0 Å². The van der Waals surface area contributed by atoms with Crippen molar-refractivity contribution in [3.8, 4) is 0 Å². The first kappa shape index (κ1) is 15.2. The topological polar surface area (TPSA) is 79.0 Å². The van der Waals surface area contributed by atoms with E-state index in [9.17, 15) is 8.42 Å². The number of sulfonamides is 1. The summed E-state index contributed by atoms with van der Waals surface area (Å²) in [5.41, 5.74) is 5.88. The lowest BCUT2D eigenvalue weighted by molar-refractivity contribution is 0.270. The number of nitrogens with zero attached hydrogens (tertiary/aromatic N) is 3. The van der Waals surface area contributed by atoms with Crippen LogP contribution in [0.5, 0.6) is 0 Å². The first-order valence-corrected chi connectivity index (χ1v) is 7.89. The van der Waals surface area contributed by atoms with Gasteiger partial charge in [0.1, 0.15) is 0 Å². The van der Waals surface area contributed by atoms with Gasteiger partial charge in [0.15, 0.2) is 5.96 Å². The monoisotopic (exact) mass is 276 g/mol. The summed E-state index contributed by atoms with van der Waals surface area (Å²) in [6, 6.07) is 0. The van der Waals surface area contributed by atoms with Gasteiger partial charge in [0.05, 0.1) is 12.3 Å². The molecule has 1 unspecified atom stereocenters. The van der Waals surface area contributed by atoms with Crippen LogP contribution in [0.2, 0.25) is 0 Å². The maximum atomic E-state index is 11.5. The van der Waals surface area contributed by atoms with Gasteiger partial charge >= 0.3 is 0 Å². The number of aliphatic imine (C=N–C) groups is 1. The fourth-order valence-corrected chi connectivity index (χ4v) is 2.64. The van der Waals surface area contributed by atoms with Gasteiger partial charge in [0.25, 0.3) is 0 Å². The van der Waals surface area contributed by atoms with E-state index in [4.69, 9.17) is 5.73 Å². The maximum Gasteiger partial charge on any atom is 0.215 e. The van der Waals surface area contributed by atoms with Crippen LogP contribution in [0.15, 0.2) is 4.99 Å². The highest BCUT2D eigenvalue weighted by atomic mass is 32.2. The number of piperidine rings is 1. The third-order valence-corrected chi connectivity index (χ3v) is 4.97. The summed E-state index contributed by atoms with van der Waals surface area (Å²) in [6.07, 6.45) is 2.34. The van der Waals surface area contributed by atoms with Crippen molar-refractivity contribution in [1.82, 2.24) is 9.21 Å². The van der Waals surface area contributed by atoms with E-state index in [0.29, 0.717) is 11.9 Å². The van der Waals surface area contributed by atoms with E-state index in [0.717, 1.165) is 19.5 Å². The van der Waals surface area contributed by atoms with Crippen molar-refractivity contribution in [1.29, 1.82) is 0 Å². The molecule has 6 nitrogen and oxygen atoms in total. The SMILES string of the molecule is CC1CCCN(C(N)=NCCS(=O)(=O)N(C)C)C1. The van der Waals surface area contributed by atoms with E-state index in [-0.39, 0.29) is 12.3 Å². The number of guanidine groups is 1. The predicted octanol–water partition coefficient (Wildman–Crippen LogP) is -0.0756. The third kappa shape index (κ3) is 4.45. The van der Waals surface area contributed by atoms with E-state index in [2.05, 4.69) is 11.9 Å². The molecule has 0 bridgehead atoms. The molecule has 18 heavy (non-hydrogen) atoms. The zero-order valence-electron chi connectivity index (χ0n) is 11.5. The molecular formula is C11H24N4O2S. The molecule has 1 rings (SSSR count). The molecule has 7 heteroatoms. The summed E-state index contributed by atoms with van der Waals surface area (Å²) in [7, 11) is -0.138. The number of rotatable bonds is 4. The lowest BCUT2D eigenvalue weighted by Gasteiger charge is -2.31. The van der Waals surface area contributed by atoms with Crippen LogP contribution in [0.25, 0.3) is 0 Å². The highest BCUT2D eigenvalue weighted by molar-refractivity contribution is 7.89. The van der Waals surface area contributed by atoms with Crippen molar-refractivity contribution in [2.45, 2.75) is 19.8 Å². The van der Waals surface area contributed by atoms with Gasteiger partial charge in [-0.1, -0.05) is 6.92 Å². The van der Waals surface area contributed by atoms with Gasteiger partial charge in [-0.05, 0) is 18.8 Å². The smallest absolute Gasteiger partial charge is 0.215 e.